The molecular formula is C35H37N3O3. The number of hydrogen-bond donors (Lipinski definition) is 1. The fraction of sp³-hybridized carbons (Fsp3) is 0.400. The molecule has 1 aromatic heterocycles. The van der Waals surface area contributed by atoms with Crippen LogP contribution in [0, 0.1) is 45.4 Å². The van der Waals surface area contributed by atoms with Gasteiger partial charge in [0.1, 0.15) is 5.57 Å². The van der Waals surface area contributed by atoms with Gasteiger partial charge in [-0.3, -0.25) is 14.9 Å². The molecule has 0 unspecified atom stereocenters. The van der Waals surface area contributed by atoms with E-state index in [1.165, 1.54) is 44.1 Å². The summed E-state index contributed by atoms with van der Waals surface area (Å²) in [6.45, 7) is 7.94. The van der Waals surface area contributed by atoms with Gasteiger partial charge in [0.2, 0.25) is 0 Å². The Labute approximate surface area is 241 Å². The number of anilines is 1. The van der Waals surface area contributed by atoms with Crippen LogP contribution in [0.5, 0.6) is 0 Å². The molecule has 41 heavy (non-hydrogen) atoms. The van der Waals surface area contributed by atoms with Crippen molar-refractivity contribution in [1.82, 2.24) is 9.88 Å². The second-order valence-electron chi connectivity index (χ2n) is 13.1. The number of nitrogens with one attached hydrogen (secondary N) is 1. The lowest BCUT2D eigenvalue weighted by Gasteiger charge is -2.57. The molecule has 1 N–H and O–H groups in total. The number of urea groups is 1. The fourth-order valence-corrected chi connectivity index (χ4v) is 8.67. The topological polar surface area (TPSA) is 71.4 Å². The zero-order valence-electron chi connectivity index (χ0n) is 24.3. The van der Waals surface area contributed by atoms with Gasteiger partial charge in [-0.1, -0.05) is 18.2 Å². The largest absolute Gasteiger partial charge is 0.335 e. The first-order valence-electron chi connectivity index (χ1n) is 14.9. The molecule has 0 atom stereocenters. The summed E-state index contributed by atoms with van der Waals surface area (Å²) in [5.74, 6) is 1.43. The van der Waals surface area contributed by atoms with E-state index in [2.05, 4.69) is 34.1 Å². The molecule has 5 aliphatic rings. The van der Waals surface area contributed by atoms with E-state index < -0.39 is 17.8 Å². The number of carbonyl (C=O) groups excluding carboxylic acids is 3. The highest BCUT2D eigenvalue weighted by molar-refractivity contribution is 6.39. The van der Waals surface area contributed by atoms with Gasteiger partial charge in [0, 0.05) is 17.1 Å². The van der Waals surface area contributed by atoms with Gasteiger partial charge < -0.3 is 4.57 Å². The van der Waals surface area contributed by atoms with Crippen molar-refractivity contribution in [1.29, 1.82) is 0 Å². The molecule has 3 aromatic rings. The molecular weight excluding hydrogens is 510 g/mol. The van der Waals surface area contributed by atoms with E-state index in [1.54, 1.807) is 18.2 Å². The third-order valence-electron chi connectivity index (χ3n) is 10.4. The number of aromatic nitrogens is 1. The minimum atomic E-state index is -0.731. The predicted molar refractivity (Wildman–Crippen MR) is 160 cm³/mol. The molecule has 0 radical (unpaired) electrons. The zero-order chi connectivity index (χ0) is 28.6. The molecule has 4 saturated carbocycles. The summed E-state index contributed by atoms with van der Waals surface area (Å²) >= 11 is 0. The van der Waals surface area contributed by atoms with E-state index in [1.807, 2.05) is 39.8 Å². The number of amides is 4. The summed E-state index contributed by atoms with van der Waals surface area (Å²) in [6.07, 6.45) is 9.96. The molecule has 0 spiro atoms. The van der Waals surface area contributed by atoms with Crippen molar-refractivity contribution in [3.63, 3.8) is 0 Å². The first kappa shape index (κ1) is 26.0. The van der Waals surface area contributed by atoms with E-state index >= 15 is 0 Å². The number of hydrogen-bond acceptors (Lipinski definition) is 3. The number of barbiturate groups is 1. The van der Waals surface area contributed by atoms with Crippen molar-refractivity contribution in [2.45, 2.75) is 71.6 Å². The van der Waals surface area contributed by atoms with Crippen molar-refractivity contribution in [2.24, 2.45) is 17.8 Å². The number of aryl methyl sites for hydroxylation is 3. The SMILES string of the molecule is Cc1ccc(N2C(=O)NC(=O)/C(=C\c3cc(C)n(-c4ccc(C56CC7CC(CC(C7)C5)C6)cc4)c3C)C2=O)cc1C. The van der Waals surface area contributed by atoms with Crippen LogP contribution in [0.4, 0.5) is 10.5 Å². The van der Waals surface area contributed by atoms with Crippen LogP contribution in [0.15, 0.2) is 54.1 Å². The second-order valence-corrected chi connectivity index (χ2v) is 13.1. The molecule has 6 heteroatoms. The molecule has 4 bridgehead atoms. The lowest BCUT2D eigenvalue weighted by Crippen LogP contribution is -2.54. The molecule has 6 nitrogen and oxygen atoms in total. The minimum Gasteiger partial charge on any atom is -0.318 e. The average molecular weight is 548 g/mol. The Morgan fingerprint density at radius 2 is 1.39 bits per heavy atom. The lowest BCUT2D eigenvalue weighted by molar-refractivity contribution is -0.122. The lowest BCUT2D eigenvalue weighted by atomic mass is 9.48. The first-order valence-corrected chi connectivity index (χ1v) is 14.9. The molecule has 1 saturated heterocycles. The van der Waals surface area contributed by atoms with Crippen LogP contribution in [-0.4, -0.2) is 22.4 Å². The molecule has 8 rings (SSSR count). The Balaban J connectivity index is 1.19. The highest BCUT2D eigenvalue weighted by atomic mass is 16.2. The fourth-order valence-electron chi connectivity index (χ4n) is 8.67. The Morgan fingerprint density at radius 3 is 2.00 bits per heavy atom. The maximum absolute atomic E-state index is 13.5. The predicted octanol–water partition coefficient (Wildman–Crippen LogP) is 6.85. The van der Waals surface area contributed by atoms with Crippen molar-refractivity contribution < 1.29 is 14.4 Å². The molecule has 5 fully saturated rings. The number of imide groups is 2. The van der Waals surface area contributed by atoms with Crippen molar-refractivity contribution in [2.75, 3.05) is 4.90 Å². The summed E-state index contributed by atoms with van der Waals surface area (Å²) in [6, 6.07) is 15.8. The summed E-state index contributed by atoms with van der Waals surface area (Å²) < 4.78 is 2.17. The van der Waals surface area contributed by atoms with Crippen molar-refractivity contribution in [3.05, 3.63) is 87.7 Å². The summed E-state index contributed by atoms with van der Waals surface area (Å²) in [5, 5.41) is 2.35. The highest BCUT2D eigenvalue weighted by Crippen LogP contribution is 2.60. The van der Waals surface area contributed by atoms with Crippen LogP contribution in [-0.2, 0) is 15.0 Å². The van der Waals surface area contributed by atoms with Crippen molar-refractivity contribution >= 4 is 29.6 Å². The van der Waals surface area contributed by atoms with Gasteiger partial charge in [-0.15, -0.1) is 0 Å². The quantitative estimate of drug-likeness (QED) is 0.287. The standard InChI is InChI=1S/C35H37N3O3/c1-20-5-8-30(11-21(20)2)38-33(40)31(32(39)36-34(38)41)16-27-12-22(3)37(23(27)4)29-9-6-28(7-10-29)35-17-24-13-25(18-35)15-26(14-24)19-35/h5-12,16,24-26H,13-15,17-19H2,1-4H3,(H,36,39,41)/b31-16+. The zero-order valence-corrected chi connectivity index (χ0v) is 24.3. The third kappa shape index (κ3) is 4.18. The van der Waals surface area contributed by atoms with E-state index in [0.717, 1.165) is 56.4 Å². The maximum Gasteiger partial charge on any atom is 0.335 e. The van der Waals surface area contributed by atoms with E-state index in [-0.39, 0.29) is 5.57 Å². The summed E-state index contributed by atoms with van der Waals surface area (Å²) in [7, 11) is 0. The van der Waals surface area contributed by atoms with Crippen molar-refractivity contribution in [3.8, 4) is 5.69 Å². The second kappa shape index (κ2) is 9.30. The smallest absolute Gasteiger partial charge is 0.318 e. The summed E-state index contributed by atoms with van der Waals surface area (Å²) in [5.41, 5.74) is 8.06. The van der Waals surface area contributed by atoms with Crippen LogP contribution in [0.1, 0.15) is 72.2 Å². The van der Waals surface area contributed by atoms with Crippen LogP contribution in [0.25, 0.3) is 11.8 Å². The first-order chi connectivity index (χ1) is 19.6. The van der Waals surface area contributed by atoms with E-state index in [9.17, 15) is 14.4 Å². The number of benzene rings is 2. The van der Waals surface area contributed by atoms with Crippen LogP contribution >= 0.6 is 0 Å². The van der Waals surface area contributed by atoms with Crippen LogP contribution < -0.4 is 10.2 Å². The summed E-state index contributed by atoms with van der Waals surface area (Å²) in [4.78, 5) is 40.1. The normalized spacial score (nSPS) is 28.1. The number of nitrogens with zero attached hydrogens (tertiary/aromatic N) is 2. The Hall–Kier alpha value is -3.93. The Kier molecular flexibility index (Phi) is 5.90. The van der Waals surface area contributed by atoms with Crippen LogP contribution in [0.2, 0.25) is 0 Å². The average Bonchev–Trinajstić information content (AvgIpc) is 3.20. The molecule has 1 aliphatic heterocycles. The number of carbonyl (C=O) groups is 3. The van der Waals surface area contributed by atoms with Crippen LogP contribution in [0.3, 0.4) is 0 Å². The van der Waals surface area contributed by atoms with Gasteiger partial charge in [-0.2, -0.15) is 0 Å². The Morgan fingerprint density at radius 1 is 0.780 bits per heavy atom. The van der Waals surface area contributed by atoms with Gasteiger partial charge in [-0.25, -0.2) is 9.69 Å². The van der Waals surface area contributed by atoms with Gasteiger partial charge >= 0.3 is 6.03 Å². The maximum atomic E-state index is 13.5. The molecule has 2 heterocycles. The van der Waals surface area contributed by atoms with Gasteiger partial charge in [0.25, 0.3) is 11.8 Å². The van der Waals surface area contributed by atoms with E-state index in [0.29, 0.717) is 11.1 Å². The van der Waals surface area contributed by atoms with Gasteiger partial charge in [0.05, 0.1) is 5.69 Å². The monoisotopic (exact) mass is 547 g/mol. The van der Waals surface area contributed by atoms with Gasteiger partial charge in [0.15, 0.2) is 0 Å². The molecule has 4 amide bonds. The third-order valence-corrected chi connectivity index (χ3v) is 10.4. The molecule has 4 aliphatic carbocycles. The highest BCUT2D eigenvalue weighted by Gasteiger charge is 2.51. The minimum absolute atomic E-state index is 0.0553. The molecule has 2 aromatic carbocycles. The van der Waals surface area contributed by atoms with Gasteiger partial charge in [-0.05, 0) is 148 Å². The molecule has 210 valence electrons. The van der Waals surface area contributed by atoms with E-state index in [4.69, 9.17) is 0 Å². The number of rotatable bonds is 4. The Bertz CT molecular complexity index is 1610.